The summed E-state index contributed by atoms with van der Waals surface area (Å²) in [4.78, 5) is 12.1. The average molecular weight is 256 g/mol. The molecule has 1 N–H and O–H groups in total. The highest BCUT2D eigenvalue weighted by molar-refractivity contribution is 6.32. The zero-order valence-electron chi connectivity index (χ0n) is 9.53. The van der Waals surface area contributed by atoms with Crippen LogP contribution in [0.15, 0.2) is 18.2 Å². The van der Waals surface area contributed by atoms with Crippen LogP contribution in [0.25, 0.3) is 0 Å². The number of nitrogens with one attached hydrogen (secondary N) is 1. The molecule has 1 unspecified atom stereocenters. The molecule has 1 fully saturated rings. The Balaban J connectivity index is 2.18. The lowest BCUT2D eigenvalue weighted by Gasteiger charge is -2.22. The van der Waals surface area contributed by atoms with Gasteiger partial charge in [0, 0.05) is 18.7 Å². The maximum absolute atomic E-state index is 12.1. The molecule has 1 aliphatic heterocycles. The Morgan fingerprint density at radius 2 is 2.41 bits per heavy atom. The molecule has 1 aromatic carbocycles. The van der Waals surface area contributed by atoms with Gasteiger partial charge in [0.25, 0.3) is 0 Å². The van der Waals surface area contributed by atoms with Gasteiger partial charge in [-0.3, -0.25) is 4.79 Å². The first-order valence-electron chi connectivity index (χ1n) is 5.42. The molecule has 0 saturated carbocycles. The van der Waals surface area contributed by atoms with E-state index in [0.29, 0.717) is 29.5 Å². The summed E-state index contributed by atoms with van der Waals surface area (Å²) in [6, 6.07) is 4.98. The van der Waals surface area contributed by atoms with Crippen molar-refractivity contribution in [3.63, 3.8) is 0 Å². The van der Waals surface area contributed by atoms with Crippen molar-refractivity contribution < 1.29 is 14.3 Å². The SMILES string of the molecule is COc1cc(C(=O)C2CNCCO2)ccc1Cl. The van der Waals surface area contributed by atoms with Crippen LogP contribution in [0, 0.1) is 0 Å². The summed E-state index contributed by atoms with van der Waals surface area (Å²) in [7, 11) is 1.52. The van der Waals surface area contributed by atoms with E-state index >= 15 is 0 Å². The topological polar surface area (TPSA) is 47.6 Å². The van der Waals surface area contributed by atoms with Crippen molar-refractivity contribution in [2.24, 2.45) is 0 Å². The molecule has 1 heterocycles. The van der Waals surface area contributed by atoms with E-state index in [1.807, 2.05) is 0 Å². The van der Waals surface area contributed by atoms with Crippen LogP contribution in [-0.4, -0.2) is 38.7 Å². The Kier molecular flexibility index (Phi) is 3.99. The third-order valence-corrected chi connectivity index (χ3v) is 2.97. The number of carbonyl (C=O) groups excluding carboxylic acids is 1. The first-order chi connectivity index (χ1) is 8.22. The molecule has 17 heavy (non-hydrogen) atoms. The van der Waals surface area contributed by atoms with E-state index in [4.69, 9.17) is 21.1 Å². The number of rotatable bonds is 3. The van der Waals surface area contributed by atoms with E-state index in [9.17, 15) is 4.79 Å². The van der Waals surface area contributed by atoms with Gasteiger partial charge in [-0.05, 0) is 18.2 Å². The molecule has 5 heteroatoms. The fourth-order valence-corrected chi connectivity index (χ4v) is 1.93. The third kappa shape index (κ3) is 2.77. The van der Waals surface area contributed by atoms with E-state index in [1.165, 1.54) is 7.11 Å². The van der Waals surface area contributed by atoms with Crippen LogP contribution >= 0.6 is 11.6 Å². The fourth-order valence-electron chi connectivity index (χ4n) is 1.73. The molecule has 0 bridgehead atoms. The zero-order chi connectivity index (χ0) is 12.3. The van der Waals surface area contributed by atoms with Gasteiger partial charge in [0.2, 0.25) is 0 Å². The van der Waals surface area contributed by atoms with E-state index in [2.05, 4.69) is 5.32 Å². The number of halogens is 1. The van der Waals surface area contributed by atoms with Gasteiger partial charge < -0.3 is 14.8 Å². The van der Waals surface area contributed by atoms with Crippen molar-refractivity contribution in [1.82, 2.24) is 5.32 Å². The number of morpholine rings is 1. The number of carbonyl (C=O) groups is 1. The minimum atomic E-state index is -0.422. The lowest BCUT2D eigenvalue weighted by Crippen LogP contribution is -2.43. The maximum atomic E-state index is 12.1. The molecule has 92 valence electrons. The van der Waals surface area contributed by atoms with Crippen LogP contribution in [0.4, 0.5) is 0 Å². The van der Waals surface area contributed by atoms with Gasteiger partial charge in [-0.15, -0.1) is 0 Å². The Morgan fingerprint density at radius 1 is 1.59 bits per heavy atom. The second kappa shape index (κ2) is 5.49. The molecule has 1 saturated heterocycles. The standard InChI is InChI=1S/C12H14ClNO3/c1-16-10-6-8(2-3-9(10)13)12(15)11-7-14-4-5-17-11/h2-3,6,11,14H,4-5,7H2,1H3. The summed E-state index contributed by atoms with van der Waals surface area (Å²) >= 11 is 5.91. The molecule has 0 aromatic heterocycles. The molecule has 1 atom stereocenters. The average Bonchev–Trinajstić information content (AvgIpc) is 2.39. The second-order valence-corrected chi connectivity index (χ2v) is 4.18. The van der Waals surface area contributed by atoms with Crippen LogP contribution in [0.5, 0.6) is 5.75 Å². The molecule has 1 aliphatic rings. The number of ketones is 1. The van der Waals surface area contributed by atoms with Crippen molar-refractivity contribution >= 4 is 17.4 Å². The van der Waals surface area contributed by atoms with Gasteiger partial charge in [0.15, 0.2) is 5.78 Å². The molecule has 0 radical (unpaired) electrons. The van der Waals surface area contributed by atoms with Crippen molar-refractivity contribution in [3.05, 3.63) is 28.8 Å². The highest BCUT2D eigenvalue weighted by Gasteiger charge is 2.23. The monoisotopic (exact) mass is 255 g/mol. The maximum Gasteiger partial charge on any atom is 0.192 e. The highest BCUT2D eigenvalue weighted by atomic mass is 35.5. The Hall–Kier alpha value is -1.10. The van der Waals surface area contributed by atoms with Gasteiger partial charge in [-0.25, -0.2) is 0 Å². The highest BCUT2D eigenvalue weighted by Crippen LogP contribution is 2.25. The lowest BCUT2D eigenvalue weighted by molar-refractivity contribution is 0.0269. The minimum absolute atomic E-state index is 0.0489. The number of hydrogen-bond acceptors (Lipinski definition) is 4. The van der Waals surface area contributed by atoms with Crippen molar-refractivity contribution in [1.29, 1.82) is 0 Å². The van der Waals surface area contributed by atoms with E-state index < -0.39 is 6.10 Å². The van der Waals surface area contributed by atoms with Crippen LogP contribution in [-0.2, 0) is 4.74 Å². The zero-order valence-corrected chi connectivity index (χ0v) is 10.3. The van der Waals surface area contributed by atoms with Crippen LogP contribution < -0.4 is 10.1 Å². The lowest BCUT2D eigenvalue weighted by atomic mass is 10.1. The number of methoxy groups -OCH3 is 1. The predicted molar refractivity (Wildman–Crippen MR) is 64.9 cm³/mol. The van der Waals surface area contributed by atoms with Crippen molar-refractivity contribution in [2.45, 2.75) is 6.10 Å². The van der Waals surface area contributed by atoms with E-state index in [-0.39, 0.29) is 5.78 Å². The quantitative estimate of drug-likeness (QED) is 0.832. The molecule has 0 spiro atoms. The largest absolute Gasteiger partial charge is 0.495 e. The summed E-state index contributed by atoms with van der Waals surface area (Å²) in [5, 5.41) is 3.61. The van der Waals surface area contributed by atoms with Crippen molar-refractivity contribution in [2.75, 3.05) is 26.8 Å². The van der Waals surface area contributed by atoms with Gasteiger partial charge >= 0.3 is 0 Å². The summed E-state index contributed by atoms with van der Waals surface area (Å²) in [5.41, 5.74) is 0.556. The molecular weight excluding hydrogens is 242 g/mol. The predicted octanol–water partition coefficient (Wildman–Crippen LogP) is 1.52. The summed E-state index contributed by atoms with van der Waals surface area (Å²) in [6.45, 7) is 1.89. The van der Waals surface area contributed by atoms with Crippen LogP contribution in [0.3, 0.4) is 0 Å². The number of ether oxygens (including phenoxy) is 2. The first kappa shape index (κ1) is 12.4. The molecular formula is C12H14ClNO3. The van der Waals surface area contributed by atoms with Gasteiger partial charge in [0.05, 0.1) is 18.7 Å². The fraction of sp³-hybridized carbons (Fsp3) is 0.417. The van der Waals surface area contributed by atoms with Gasteiger partial charge in [-0.1, -0.05) is 11.6 Å². The second-order valence-electron chi connectivity index (χ2n) is 3.78. The smallest absolute Gasteiger partial charge is 0.192 e. The number of Topliss-reactive ketones (excluding diaryl/α,β-unsaturated/α-hetero) is 1. The molecule has 1 aromatic rings. The molecule has 0 aliphatic carbocycles. The van der Waals surface area contributed by atoms with Crippen LogP contribution in [0.2, 0.25) is 5.02 Å². The molecule has 4 nitrogen and oxygen atoms in total. The Morgan fingerprint density at radius 3 is 3.06 bits per heavy atom. The first-order valence-corrected chi connectivity index (χ1v) is 5.80. The van der Waals surface area contributed by atoms with Gasteiger partial charge in [0.1, 0.15) is 11.9 Å². The number of hydrogen-bond donors (Lipinski definition) is 1. The molecule has 0 amide bonds. The summed E-state index contributed by atoms with van der Waals surface area (Å²) < 4.78 is 10.5. The Labute approximate surface area is 105 Å². The Bertz CT molecular complexity index is 416. The third-order valence-electron chi connectivity index (χ3n) is 2.66. The van der Waals surface area contributed by atoms with E-state index in [0.717, 1.165) is 6.54 Å². The van der Waals surface area contributed by atoms with E-state index in [1.54, 1.807) is 18.2 Å². The number of benzene rings is 1. The summed E-state index contributed by atoms with van der Waals surface area (Å²) in [6.07, 6.45) is -0.422. The molecule has 2 rings (SSSR count). The minimum Gasteiger partial charge on any atom is -0.495 e. The normalized spacial score (nSPS) is 20.0. The van der Waals surface area contributed by atoms with Gasteiger partial charge in [-0.2, -0.15) is 0 Å². The summed E-state index contributed by atoms with van der Waals surface area (Å²) in [5.74, 6) is 0.452. The van der Waals surface area contributed by atoms with Crippen molar-refractivity contribution in [3.8, 4) is 5.75 Å². The van der Waals surface area contributed by atoms with Crippen LogP contribution in [0.1, 0.15) is 10.4 Å².